The van der Waals surface area contributed by atoms with Crippen LogP contribution in [0.4, 0.5) is 0 Å². The van der Waals surface area contributed by atoms with E-state index in [1.807, 2.05) is 45.0 Å². The van der Waals surface area contributed by atoms with Gasteiger partial charge in [0.05, 0.1) is 45.6 Å². The Balaban J connectivity index is 1.93. The van der Waals surface area contributed by atoms with Crippen LogP contribution in [0.25, 0.3) is 0 Å². The highest BCUT2D eigenvalue weighted by Gasteiger charge is 2.38. The standard InChI is InChI=1S/C35H40O9/c1-34(2,28-8-20(14-36)31(42)21(9-28)15-37)26-4-6-27(7-5-26)35(3,29-10-22(16-38)32(43)23(11-29)17-39)30-12-24(18-40)33(44)25(13-30)19-41/h4-13,22,36-42,44H,14-19H2,1-3H3. The van der Waals surface area contributed by atoms with Crippen molar-refractivity contribution < 1.29 is 45.6 Å². The lowest BCUT2D eigenvalue weighted by atomic mass is 9.66. The molecular weight excluding hydrogens is 564 g/mol. The molecule has 0 heterocycles. The minimum Gasteiger partial charge on any atom is -0.507 e. The molecule has 0 amide bonds. The fourth-order valence-electron chi connectivity index (χ4n) is 5.95. The second-order valence-electron chi connectivity index (χ2n) is 11.8. The number of phenols is 2. The van der Waals surface area contributed by atoms with E-state index in [1.54, 1.807) is 36.4 Å². The number of hydrogen-bond acceptors (Lipinski definition) is 9. The van der Waals surface area contributed by atoms with Crippen molar-refractivity contribution in [1.29, 1.82) is 0 Å². The van der Waals surface area contributed by atoms with E-state index in [4.69, 9.17) is 0 Å². The molecule has 0 radical (unpaired) electrons. The zero-order chi connectivity index (χ0) is 32.4. The van der Waals surface area contributed by atoms with Gasteiger partial charge in [-0.05, 0) is 65.1 Å². The second-order valence-corrected chi connectivity index (χ2v) is 11.8. The smallest absolute Gasteiger partial charge is 0.170 e. The van der Waals surface area contributed by atoms with Crippen LogP contribution in [-0.2, 0) is 42.1 Å². The van der Waals surface area contributed by atoms with E-state index in [1.165, 1.54) is 0 Å². The first-order valence-electron chi connectivity index (χ1n) is 14.3. The average Bonchev–Trinajstić information content (AvgIpc) is 3.04. The highest BCUT2D eigenvalue weighted by molar-refractivity contribution is 6.00. The maximum Gasteiger partial charge on any atom is 0.170 e. The number of aliphatic hydroxyl groups excluding tert-OH is 6. The summed E-state index contributed by atoms with van der Waals surface area (Å²) in [5.74, 6) is -1.62. The van der Waals surface area contributed by atoms with E-state index in [9.17, 15) is 45.6 Å². The van der Waals surface area contributed by atoms with Crippen LogP contribution in [-0.4, -0.2) is 59.8 Å². The molecule has 0 aliphatic heterocycles. The van der Waals surface area contributed by atoms with Crippen molar-refractivity contribution in [3.8, 4) is 11.5 Å². The molecular formula is C35H40O9. The molecule has 9 heteroatoms. The van der Waals surface area contributed by atoms with E-state index in [-0.39, 0.29) is 34.0 Å². The molecule has 9 nitrogen and oxygen atoms in total. The lowest BCUT2D eigenvalue weighted by molar-refractivity contribution is -0.119. The molecule has 1 aliphatic rings. The van der Waals surface area contributed by atoms with Gasteiger partial charge in [0, 0.05) is 38.7 Å². The number of carbonyl (C=O) groups excluding carboxylic acids is 1. The average molecular weight is 605 g/mol. The Labute approximate surface area is 256 Å². The lowest BCUT2D eigenvalue weighted by Gasteiger charge is -2.37. The summed E-state index contributed by atoms with van der Waals surface area (Å²) in [6.07, 6.45) is 3.26. The summed E-state index contributed by atoms with van der Waals surface area (Å²) < 4.78 is 0. The molecule has 4 rings (SSSR count). The predicted octanol–water partition coefficient (Wildman–Crippen LogP) is 2.74. The van der Waals surface area contributed by atoms with Gasteiger partial charge in [-0.2, -0.15) is 0 Å². The molecule has 2 atom stereocenters. The summed E-state index contributed by atoms with van der Waals surface area (Å²) in [5.41, 5.74) is 3.11. The van der Waals surface area contributed by atoms with Crippen LogP contribution in [0.1, 0.15) is 65.3 Å². The molecule has 0 fully saturated rings. The van der Waals surface area contributed by atoms with Gasteiger partial charge in [0.1, 0.15) is 11.5 Å². The van der Waals surface area contributed by atoms with Crippen molar-refractivity contribution in [2.24, 2.45) is 5.92 Å². The topological polar surface area (TPSA) is 179 Å². The lowest BCUT2D eigenvalue weighted by Crippen LogP contribution is -2.32. The summed E-state index contributed by atoms with van der Waals surface area (Å²) >= 11 is 0. The Kier molecular flexibility index (Phi) is 9.80. The Morgan fingerprint density at radius 2 is 1.05 bits per heavy atom. The van der Waals surface area contributed by atoms with Gasteiger partial charge in [0.2, 0.25) is 0 Å². The van der Waals surface area contributed by atoms with Gasteiger partial charge >= 0.3 is 0 Å². The molecule has 8 N–H and O–H groups in total. The van der Waals surface area contributed by atoms with Crippen molar-refractivity contribution in [1.82, 2.24) is 0 Å². The highest BCUT2D eigenvalue weighted by atomic mass is 16.3. The van der Waals surface area contributed by atoms with E-state index in [2.05, 4.69) is 0 Å². The van der Waals surface area contributed by atoms with Crippen molar-refractivity contribution in [2.75, 3.05) is 13.2 Å². The number of benzene rings is 3. The molecule has 0 spiro atoms. The first kappa shape index (κ1) is 33.1. The van der Waals surface area contributed by atoms with Gasteiger partial charge in [0.15, 0.2) is 5.78 Å². The van der Waals surface area contributed by atoms with Crippen LogP contribution in [0.15, 0.2) is 71.8 Å². The Hall–Kier alpha value is -3.83. The van der Waals surface area contributed by atoms with Crippen molar-refractivity contribution >= 4 is 5.78 Å². The number of aliphatic hydroxyl groups is 6. The molecule has 234 valence electrons. The second kappa shape index (κ2) is 13.0. The third-order valence-corrected chi connectivity index (χ3v) is 9.01. The minimum absolute atomic E-state index is 0.140. The summed E-state index contributed by atoms with van der Waals surface area (Å²) in [5, 5.41) is 80.5. The van der Waals surface area contributed by atoms with Crippen LogP contribution >= 0.6 is 0 Å². The van der Waals surface area contributed by atoms with Crippen LogP contribution < -0.4 is 0 Å². The third-order valence-electron chi connectivity index (χ3n) is 9.01. The van der Waals surface area contributed by atoms with Gasteiger partial charge in [-0.3, -0.25) is 4.79 Å². The molecule has 0 saturated heterocycles. The number of aromatic hydroxyl groups is 2. The van der Waals surface area contributed by atoms with Crippen molar-refractivity contribution in [3.63, 3.8) is 0 Å². The normalized spacial score (nSPS) is 16.8. The van der Waals surface area contributed by atoms with Gasteiger partial charge in [-0.1, -0.05) is 44.2 Å². The van der Waals surface area contributed by atoms with E-state index < -0.39 is 56.4 Å². The van der Waals surface area contributed by atoms with E-state index >= 15 is 0 Å². The van der Waals surface area contributed by atoms with Gasteiger partial charge < -0.3 is 40.9 Å². The largest absolute Gasteiger partial charge is 0.507 e. The quantitative estimate of drug-likeness (QED) is 0.163. The molecule has 44 heavy (non-hydrogen) atoms. The maximum atomic E-state index is 12.8. The monoisotopic (exact) mass is 604 g/mol. The number of ketones is 1. The molecule has 2 unspecified atom stereocenters. The van der Waals surface area contributed by atoms with Gasteiger partial charge in [0.25, 0.3) is 0 Å². The van der Waals surface area contributed by atoms with E-state index in [0.717, 1.165) is 16.7 Å². The molecule has 3 aromatic rings. The first-order valence-corrected chi connectivity index (χ1v) is 14.3. The molecule has 0 bridgehead atoms. The zero-order valence-corrected chi connectivity index (χ0v) is 25.1. The molecule has 3 aromatic carbocycles. The van der Waals surface area contributed by atoms with Crippen LogP contribution in [0.3, 0.4) is 0 Å². The van der Waals surface area contributed by atoms with Gasteiger partial charge in [-0.15, -0.1) is 0 Å². The highest BCUT2D eigenvalue weighted by Crippen LogP contribution is 2.45. The number of rotatable bonds is 11. The molecule has 1 aliphatic carbocycles. The predicted molar refractivity (Wildman–Crippen MR) is 164 cm³/mol. The molecule has 0 aromatic heterocycles. The Bertz CT molecular complexity index is 1550. The number of Topliss-reactive ketones (excluding diaryl/α,β-unsaturated/α-hetero) is 1. The van der Waals surface area contributed by atoms with Crippen molar-refractivity contribution in [2.45, 2.75) is 58.0 Å². The van der Waals surface area contributed by atoms with E-state index in [0.29, 0.717) is 22.3 Å². The summed E-state index contributed by atoms with van der Waals surface area (Å²) in [7, 11) is 0. The third kappa shape index (κ3) is 5.70. The maximum absolute atomic E-state index is 12.8. The first-order chi connectivity index (χ1) is 20.9. The van der Waals surface area contributed by atoms with Crippen LogP contribution in [0.2, 0.25) is 0 Å². The number of carbonyl (C=O) groups is 1. The van der Waals surface area contributed by atoms with Crippen molar-refractivity contribution in [3.05, 3.63) is 116 Å². The number of hydrogen-bond donors (Lipinski definition) is 8. The fraction of sp³-hybridized carbons (Fsp3) is 0.343. The summed E-state index contributed by atoms with van der Waals surface area (Å²) in [4.78, 5) is 12.8. The zero-order valence-electron chi connectivity index (χ0n) is 25.1. The Morgan fingerprint density at radius 3 is 1.45 bits per heavy atom. The van der Waals surface area contributed by atoms with Gasteiger partial charge in [-0.25, -0.2) is 0 Å². The molecule has 0 saturated carbocycles. The summed E-state index contributed by atoms with van der Waals surface area (Å²) in [6, 6.07) is 14.3. The minimum atomic E-state index is -1.04. The SMILES string of the molecule is CC(C)(c1ccc(C(C)(C2=CC(CO)C(=O)C(CO)=C2)c2cc(CO)c(O)c(CO)c2)cc1)c1cc(CO)c(O)c(CO)c1. The summed E-state index contributed by atoms with van der Waals surface area (Å²) in [6.45, 7) is 3.12. The Morgan fingerprint density at radius 1 is 0.614 bits per heavy atom. The fourth-order valence-corrected chi connectivity index (χ4v) is 5.95. The van der Waals surface area contributed by atoms with Crippen LogP contribution in [0.5, 0.6) is 11.5 Å². The van der Waals surface area contributed by atoms with Crippen LogP contribution in [0, 0.1) is 5.92 Å². The number of allylic oxidation sites excluding steroid dienone is 2.